The van der Waals surface area contributed by atoms with Gasteiger partial charge < -0.3 is 9.42 Å². The van der Waals surface area contributed by atoms with Crippen molar-refractivity contribution in [2.75, 3.05) is 12.8 Å². The Bertz CT molecular complexity index is 873. The van der Waals surface area contributed by atoms with Crippen LogP contribution in [0.25, 0.3) is 11.4 Å². The lowest BCUT2D eigenvalue weighted by Crippen LogP contribution is -2.27. The van der Waals surface area contributed by atoms with E-state index >= 15 is 0 Å². The molecule has 0 aliphatic rings. The highest BCUT2D eigenvalue weighted by molar-refractivity contribution is 8.00. The molecule has 0 saturated carbocycles. The molecule has 1 aromatic heterocycles. The lowest BCUT2D eigenvalue weighted by molar-refractivity contribution is -0.127. The van der Waals surface area contributed by atoms with E-state index in [2.05, 4.69) is 10.1 Å². The van der Waals surface area contributed by atoms with Gasteiger partial charge >= 0.3 is 0 Å². The zero-order valence-corrected chi connectivity index (χ0v) is 15.9. The Labute approximate surface area is 157 Å². The fourth-order valence-electron chi connectivity index (χ4n) is 2.32. The molecule has 6 heteroatoms. The first-order valence-electron chi connectivity index (χ1n) is 8.34. The Morgan fingerprint density at radius 3 is 2.31 bits per heavy atom. The molecule has 0 atom stereocenters. The number of thioether (sulfide) groups is 1. The topological polar surface area (TPSA) is 59.2 Å². The van der Waals surface area contributed by atoms with Crippen LogP contribution in [0.4, 0.5) is 0 Å². The molecule has 0 spiro atoms. The van der Waals surface area contributed by atoms with Gasteiger partial charge in [0.1, 0.15) is 0 Å². The number of aromatic nitrogens is 2. The van der Waals surface area contributed by atoms with E-state index in [4.69, 9.17) is 4.52 Å². The molecule has 0 bridgehead atoms. The summed E-state index contributed by atoms with van der Waals surface area (Å²) in [5.74, 6) is 1.36. The molecule has 0 aliphatic heterocycles. The van der Waals surface area contributed by atoms with Gasteiger partial charge in [-0.05, 0) is 26.0 Å². The van der Waals surface area contributed by atoms with Crippen LogP contribution in [0.5, 0.6) is 0 Å². The van der Waals surface area contributed by atoms with Gasteiger partial charge in [0.2, 0.25) is 17.6 Å². The van der Waals surface area contributed by atoms with E-state index in [0.717, 1.165) is 10.5 Å². The fourth-order valence-corrected chi connectivity index (χ4v) is 3.16. The summed E-state index contributed by atoms with van der Waals surface area (Å²) >= 11 is 1.52. The van der Waals surface area contributed by atoms with Crippen molar-refractivity contribution in [1.82, 2.24) is 15.0 Å². The van der Waals surface area contributed by atoms with Crippen molar-refractivity contribution < 1.29 is 9.32 Å². The Morgan fingerprint density at radius 1 is 1.04 bits per heavy atom. The summed E-state index contributed by atoms with van der Waals surface area (Å²) in [6.45, 7) is 4.37. The van der Waals surface area contributed by atoms with Crippen molar-refractivity contribution in [3.05, 3.63) is 65.5 Å². The minimum absolute atomic E-state index is 0.0191. The van der Waals surface area contributed by atoms with Crippen LogP contribution in [-0.2, 0) is 11.3 Å². The summed E-state index contributed by atoms with van der Waals surface area (Å²) in [5.41, 5.74) is 3.28. The maximum absolute atomic E-state index is 12.3. The molecule has 3 rings (SSSR count). The largest absolute Gasteiger partial charge is 0.337 e. The number of hydrogen-bond acceptors (Lipinski definition) is 5. The number of nitrogens with zero attached hydrogens (tertiary/aromatic N) is 3. The van der Waals surface area contributed by atoms with Crippen LogP contribution in [0.1, 0.15) is 17.0 Å². The van der Waals surface area contributed by atoms with Crippen LogP contribution in [0.15, 0.2) is 57.9 Å². The van der Waals surface area contributed by atoms with Crippen LogP contribution in [0.2, 0.25) is 0 Å². The maximum Gasteiger partial charge on any atom is 0.246 e. The van der Waals surface area contributed by atoms with Crippen LogP contribution < -0.4 is 0 Å². The highest BCUT2D eigenvalue weighted by Crippen LogP contribution is 2.20. The molecule has 5 nitrogen and oxygen atoms in total. The molecule has 0 unspecified atom stereocenters. The molecule has 3 aromatic rings. The van der Waals surface area contributed by atoms with Gasteiger partial charge in [-0.1, -0.05) is 52.7 Å². The van der Waals surface area contributed by atoms with Crippen LogP contribution in [-0.4, -0.2) is 33.7 Å². The number of aryl methyl sites for hydroxylation is 2. The second-order valence-electron chi connectivity index (χ2n) is 6.23. The second kappa shape index (κ2) is 8.19. The van der Waals surface area contributed by atoms with Gasteiger partial charge in [-0.25, -0.2) is 0 Å². The average molecular weight is 367 g/mol. The Balaban J connectivity index is 1.55. The molecule has 0 radical (unpaired) electrons. The van der Waals surface area contributed by atoms with E-state index in [1.54, 1.807) is 11.9 Å². The van der Waals surface area contributed by atoms with Crippen LogP contribution in [0.3, 0.4) is 0 Å². The monoisotopic (exact) mass is 367 g/mol. The van der Waals surface area contributed by atoms with E-state index in [-0.39, 0.29) is 5.91 Å². The molecule has 1 amide bonds. The number of rotatable bonds is 6. The SMILES string of the molecule is Cc1ccc(SCC(=O)N(C)Cc2nc(-c3ccc(C)cc3)no2)cc1. The predicted octanol–water partition coefficient (Wildman–Crippen LogP) is 4.10. The van der Waals surface area contributed by atoms with Crippen molar-refractivity contribution in [3.63, 3.8) is 0 Å². The molecule has 1 heterocycles. The van der Waals surface area contributed by atoms with Crippen molar-refractivity contribution in [1.29, 1.82) is 0 Å². The fraction of sp³-hybridized carbons (Fsp3) is 0.250. The third-order valence-electron chi connectivity index (χ3n) is 3.96. The minimum atomic E-state index is 0.0191. The van der Waals surface area contributed by atoms with Crippen molar-refractivity contribution in [3.8, 4) is 11.4 Å². The molecule has 2 aromatic carbocycles. The summed E-state index contributed by atoms with van der Waals surface area (Å²) in [4.78, 5) is 19.4. The van der Waals surface area contributed by atoms with E-state index in [9.17, 15) is 4.79 Å². The first-order valence-corrected chi connectivity index (χ1v) is 9.33. The summed E-state index contributed by atoms with van der Waals surface area (Å²) in [6, 6.07) is 16.1. The van der Waals surface area contributed by atoms with Gasteiger partial charge in [0.15, 0.2) is 0 Å². The third-order valence-corrected chi connectivity index (χ3v) is 4.96. The molecule has 134 valence electrons. The Morgan fingerprint density at radius 2 is 1.65 bits per heavy atom. The van der Waals surface area contributed by atoms with E-state index in [1.807, 2.05) is 62.4 Å². The number of benzene rings is 2. The van der Waals surface area contributed by atoms with Crippen LogP contribution in [0, 0.1) is 13.8 Å². The Kier molecular flexibility index (Phi) is 5.73. The van der Waals surface area contributed by atoms with E-state index < -0.39 is 0 Å². The van der Waals surface area contributed by atoms with Crippen molar-refractivity contribution in [2.45, 2.75) is 25.3 Å². The van der Waals surface area contributed by atoms with Crippen molar-refractivity contribution in [2.24, 2.45) is 0 Å². The highest BCUT2D eigenvalue weighted by Gasteiger charge is 2.15. The van der Waals surface area contributed by atoms with Crippen molar-refractivity contribution >= 4 is 17.7 Å². The predicted molar refractivity (Wildman–Crippen MR) is 103 cm³/mol. The summed E-state index contributed by atoms with van der Waals surface area (Å²) < 4.78 is 5.28. The first-order chi connectivity index (χ1) is 12.5. The molecule has 0 saturated heterocycles. The zero-order valence-electron chi connectivity index (χ0n) is 15.1. The highest BCUT2D eigenvalue weighted by atomic mass is 32.2. The summed E-state index contributed by atoms with van der Waals surface area (Å²) in [6.07, 6.45) is 0. The summed E-state index contributed by atoms with van der Waals surface area (Å²) in [7, 11) is 1.74. The lowest BCUT2D eigenvalue weighted by atomic mass is 10.1. The van der Waals surface area contributed by atoms with Crippen LogP contribution >= 0.6 is 11.8 Å². The normalized spacial score (nSPS) is 10.7. The molecule has 0 aliphatic carbocycles. The Hall–Kier alpha value is -2.60. The summed E-state index contributed by atoms with van der Waals surface area (Å²) in [5, 5.41) is 4.00. The van der Waals surface area contributed by atoms with Gasteiger partial charge in [-0.2, -0.15) is 4.98 Å². The standard InChI is InChI=1S/C20H21N3O2S/c1-14-4-8-16(9-5-14)20-21-18(25-22-20)12-23(3)19(24)13-26-17-10-6-15(2)7-11-17/h4-11H,12-13H2,1-3H3. The molecular weight excluding hydrogens is 346 g/mol. The average Bonchev–Trinajstić information content (AvgIpc) is 3.10. The van der Waals surface area contributed by atoms with E-state index in [0.29, 0.717) is 24.0 Å². The lowest BCUT2D eigenvalue weighted by Gasteiger charge is -2.14. The number of amides is 1. The molecule has 0 fully saturated rings. The molecule has 26 heavy (non-hydrogen) atoms. The second-order valence-corrected chi connectivity index (χ2v) is 7.28. The smallest absolute Gasteiger partial charge is 0.246 e. The van der Waals surface area contributed by atoms with Gasteiger partial charge in [0.05, 0.1) is 12.3 Å². The maximum atomic E-state index is 12.3. The molecular formula is C20H21N3O2S. The van der Waals surface area contributed by atoms with Gasteiger partial charge in [0, 0.05) is 17.5 Å². The van der Waals surface area contributed by atoms with Gasteiger partial charge in [-0.15, -0.1) is 11.8 Å². The number of carbonyl (C=O) groups is 1. The van der Waals surface area contributed by atoms with Gasteiger partial charge in [0.25, 0.3) is 0 Å². The number of carbonyl (C=O) groups excluding carboxylic acids is 1. The van der Waals surface area contributed by atoms with E-state index in [1.165, 1.54) is 22.9 Å². The molecule has 0 N–H and O–H groups in total. The first kappa shape index (κ1) is 18.2. The zero-order chi connectivity index (χ0) is 18.5. The van der Waals surface area contributed by atoms with Gasteiger partial charge in [-0.3, -0.25) is 4.79 Å². The number of hydrogen-bond donors (Lipinski definition) is 0. The quantitative estimate of drug-likeness (QED) is 0.614. The third kappa shape index (κ3) is 4.73. The minimum Gasteiger partial charge on any atom is -0.337 e.